The number of hydrogen-bond donors (Lipinski definition) is 5. The Morgan fingerprint density at radius 1 is 1.00 bits per heavy atom. The minimum absolute atomic E-state index is 0. The van der Waals surface area contributed by atoms with Crippen molar-refractivity contribution in [1.82, 2.24) is 16.0 Å². The van der Waals surface area contributed by atoms with E-state index >= 15 is 0 Å². The third-order valence-corrected chi connectivity index (χ3v) is 9.44. The molecule has 0 spiro atoms. The Labute approximate surface area is 216 Å². The molecule has 5 atom stereocenters. The number of aliphatic carboxylic acids is 1. The second-order valence-corrected chi connectivity index (χ2v) is 11.8. The highest BCUT2D eigenvalue weighted by Gasteiger charge is 2.60. The van der Waals surface area contributed by atoms with E-state index in [1.165, 1.54) is 12.8 Å². The number of hydrogen-bond acceptors (Lipinski definition) is 4. The zero-order chi connectivity index (χ0) is 24.9. The molecule has 0 aromatic heterocycles. The van der Waals surface area contributed by atoms with Gasteiger partial charge in [0.25, 0.3) is 0 Å². The molecule has 3 unspecified atom stereocenters. The standard InChI is InChI=1S/C26H46N4O4.ClH/c1-25(2)18-12-13-26(25,3)16-21(18)28-22(31)20(15-17-9-5-4-6-10-17)30-24(34)29-19(23(32)33)11-7-8-14-27;/h17-21H,4-16,27H2,1-3H3,(H,28,31)(H,32,33)(H2,29,30,34);1H/t18?,19-,20+,21?,26?;/m0./s1. The lowest BCUT2D eigenvalue weighted by atomic mass is 9.71. The molecular weight excluding hydrogens is 468 g/mol. The first-order chi connectivity index (χ1) is 16.1. The molecule has 3 aliphatic carbocycles. The summed E-state index contributed by atoms with van der Waals surface area (Å²) in [7, 11) is 0. The van der Waals surface area contributed by atoms with E-state index in [0.717, 1.165) is 38.5 Å². The van der Waals surface area contributed by atoms with Gasteiger partial charge in [-0.15, -0.1) is 12.4 Å². The molecule has 0 radical (unpaired) electrons. The first kappa shape index (κ1) is 29.7. The maximum absolute atomic E-state index is 13.4. The molecule has 0 aromatic carbocycles. The van der Waals surface area contributed by atoms with Crippen molar-refractivity contribution in [1.29, 1.82) is 0 Å². The van der Waals surface area contributed by atoms with Crippen LogP contribution in [0.3, 0.4) is 0 Å². The van der Waals surface area contributed by atoms with Crippen LogP contribution in [0, 0.1) is 22.7 Å². The predicted octanol–water partition coefficient (Wildman–Crippen LogP) is 3.96. The number of halogens is 1. The summed E-state index contributed by atoms with van der Waals surface area (Å²) in [6.07, 6.45) is 11.2. The average Bonchev–Trinajstić information content (AvgIpc) is 3.11. The molecule has 3 rings (SSSR count). The zero-order valence-corrected chi connectivity index (χ0v) is 22.6. The summed E-state index contributed by atoms with van der Waals surface area (Å²) >= 11 is 0. The fourth-order valence-electron chi connectivity index (χ4n) is 6.83. The fourth-order valence-corrected chi connectivity index (χ4v) is 6.83. The summed E-state index contributed by atoms with van der Waals surface area (Å²) in [6, 6.07) is -2.10. The number of carboxylic acids is 1. The molecule has 0 aromatic rings. The Morgan fingerprint density at radius 2 is 1.66 bits per heavy atom. The molecule has 202 valence electrons. The SMILES string of the molecule is CC12CCC(C(NC(=O)[C@@H](CC3CCCCC3)NC(=O)N[C@@H](CCCCN)C(=O)O)C1)C2(C)C.Cl. The van der Waals surface area contributed by atoms with Crippen LogP contribution in [-0.4, -0.2) is 47.7 Å². The number of unbranched alkanes of at least 4 members (excludes halogenated alkanes) is 1. The fraction of sp³-hybridized carbons (Fsp3) is 0.885. The van der Waals surface area contributed by atoms with Crippen LogP contribution in [0.4, 0.5) is 4.79 Å². The molecule has 3 amide bonds. The number of nitrogens with two attached hydrogens (primary N) is 1. The van der Waals surface area contributed by atoms with E-state index in [2.05, 4.69) is 36.7 Å². The van der Waals surface area contributed by atoms with Crippen molar-refractivity contribution in [2.45, 2.75) is 116 Å². The van der Waals surface area contributed by atoms with Crippen LogP contribution in [0.25, 0.3) is 0 Å². The summed E-state index contributed by atoms with van der Waals surface area (Å²) in [4.78, 5) is 37.8. The van der Waals surface area contributed by atoms with Crippen molar-refractivity contribution < 1.29 is 19.5 Å². The van der Waals surface area contributed by atoms with Crippen molar-refractivity contribution >= 4 is 30.3 Å². The smallest absolute Gasteiger partial charge is 0.326 e. The maximum Gasteiger partial charge on any atom is 0.326 e. The van der Waals surface area contributed by atoms with Crippen molar-refractivity contribution in [3.63, 3.8) is 0 Å². The van der Waals surface area contributed by atoms with E-state index in [4.69, 9.17) is 5.73 Å². The van der Waals surface area contributed by atoms with Gasteiger partial charge in [-0.25, -0.2) is 9.59 Å². The van der Waals surface area contributed by atoms with Gasteiger partial charge in [-0.05, 0) is 74.2 Å². The van der Waals surface area contributed by atoms with E-state index in [-0.39, 0.29) is 35.2 Å². The number of urea groups is 1. The molecule has 2 bridgehead atoms. The number of nitrogens with one attached hydrogen (secondary N) is 3. The van der Waals surface area contributed by atoms with Gasteiger partial charge < -0.3 is 26.8 Å². The molecule has 6 N–H and O–H groups in total. The normalized spacial score (nSPS) is 29.0. The van der Waals surface area contributed by atoms with E-state index in [0.29, 0.717) is 44.1 Å². The third-order valence-electron chi connectivity index (χ3n) is 9.44. The average molecular weight is 515 g/mol. The van der Waals surface area contributed by atoms with Crippen molar-refractivity contribution in [3.05, 3.63) is 0 Å². The van der Waals surface area contributed by atoms with E-state index in [9.17, 15) is 19.5 Å². The molecule has 0 aliphatic heterocycles. The highest BCUT2D eigenvalue weighted by Crippen LogP contribution is 2.65. The molecule has 9 heteroatoms. The Hall–Kier alpha value is -1.54. The van der Waals surface area contributed by atoms with Gasteiger partial charge in [0.05, 0.1) is 0 Å². The highest BCUT2D eigenvalue weighted by atomic mass is 35.5. The molecule has 8 nitrogen and oxygen atoms in total. The molecular formula is C26H47ClN4O4. The van der Waals surface area contributed by atoms with Crippen molar-refractivity contribution in [3.8, 4) is 0 Å². The Balaban J connectivity index is 0.00000432. The number of rotatable bonds is 11. The summed E-state index contributed by atoms with van der Waals surface area (Å²) in [6.45, 7) is 7.46. The predicted molar refractivity (Wildman–Crippen MR) is 139 cm³/mol. The van der Waals surface area contributed by atoms with Crippen molar-refractivity contribution in [2.24, 2.45) is 28.4 Å². The zero-order valence-electron chi connectivity index (χ0n) is 21.7. The van der Waals surface area contributed by atoms with Crippen molar-refractivity contribution in [2.75, 3.05) is 6.54 Å². The topological polar surface area (TPSA) is 134 Å². The molecule has 3 fully saturated rings. The van der Waals surface area contributed by atoms with Gasteiger partial charge in [0.1, 0.15) is 12.1 Å². The largest absolute Gasteiger partial charge is 0.480 e. The summed E-state index contributed by atoms with van der Waals surface area (Å²) in [5.41, 5.74) is 5.92. The second kappa shape index (κ2) is 12.6. The monoisotopic (exact) mass is 514 g/mol. The lowest BCUT2D eigenvalue weighted by Gasteiger charge is -2.33. The van der Waals surface area contributed by atoms with Crippen LogP contribution in [0.5, 0.6) is 0 Å². The number of carbonyl (C=O) groups is 3. The van der Waals surface area contributed by atoms with Gasteiger partial charge in [-0.2, -0.15) is 0 Å². The first-order valence-corrected chi connectivity index (χ1v) is 13.4. The molecule has 3 saturated carbocycles. The minimum atomic E-state index is -1.07. The van der Waals surface area contributed by atoms with Gasteiger partial charge >= 0.3 is 12.0 Å². The summed E-state index contributed by atoms with van der Waals surface area (Å²) in [5.74, 6) is -0.353. The number of fused-ring (bicyclic) bond motifs is 2. The van der Waals surface area contributed by atoms with Crippen LogP contribution < -0.4 is 21.7 Å². The lowest BCUT2D eigenvalue weighted by Crippen LogP contribution is -2.55. The van der Waals surface area contributed by atoms with Gasteiger partial charge in [0.15, 0.2) is 0 Å². The molecule has 0 saturated heterocycles. The Bertz CT molecular complexity index is 740. The van der Waals surface area contributed by atoms with Gasteiger partial charge in [-0.3, -0.25) is 4.79 Å². The van der Waals surface area contributed by atoms with Gasteiger partial charge in [-0.1, -0.05) is 52.9 Å². The molecule has 0 heterocycles. The Kier molecular flexibility index (Phi) is 10.7. The van der Waals surface area contributed by atoms with Gasteiger partial charge in [0, 0.05) is 6.04 Å². The number of carboxylic acid groups (broad SMARTS) is 1. The molecule has 3 aliphatic rings. The highest BCUT2D eigenvalue weighted by molar-refractivity contribution is 5.89. The quantitative estimate of drug-likeness (QED) is 0.266. The van der Waals surface area contributed by atoms with E-state index in [1.807, 2.05) is 0 Å². The van der Waals surface area contributed by atoms with E-state index in [1.54, 1.807) is 0 Å². The Morgan fingerprint density at radius 3 is 2.20 bits per heavy atom. The van der Waals surface area contributed by atoms with E-state index < -0.39 is 24.1 Å². The molecule has 35 heavy (non-hydrogen) atoms. The van der Waals surface area contributed by atoms with Crippen LogP contribution in [0.2, 0.25) is 0 Å². The third kappa shape index (κ3) is 7.03. The number of carbonyl (C=O) groups excluding carboxylic acids is 2. The van der Waals surface area contributed by atoms with Crippen LogP contribution in [-0.2, 0) is 9.59 Å². The maximum atomic E-state index is 13.4. The van der Waals surface area contributed by atoms with Crippen LogP contribution in [0.1, 0.15) is 97.8 Å². The van der Waals surface area contributed by atoms with Gasteiger partial charge in [0.2, 0.25) is 5.91 Å². The second-order valence-electron chi connectivity index (χ2n) is 11.8. The van der Waals surface area contributed by atoms with Crippen LogP contribution >= 0.6 is 12.4 Å². The van der Waals surface area contributed by atoms with Crippen LogP contribution in [0.15, 0.2) is 0 Å². The number of amides is 3. The first-order valence-electron chi connectivity index (χ1n) is 13.4. The summed E-state index contributed by atoms with van der Waals surface area (Å²) < 4.78 is 0. The lowest BCUT2D eigenvalue weighted by molar-refractivity contribution is -0.139. The summed E-state index contributed by atoms with van der Waals surface area (Å²) in [5, 5.41) is 18.2. The minimum Gasteiger partial charge on any atom is -0.480 e.